The highest BCUT2D eigenvalue weighted by Gasteiger charge is 2.27. The van der Waals surface area contributed by atoms with E-state index in [9.17, 15) is 27.2 Å². The summed E-state index contributed by atoms with van der Waals surface area (Å²) in [7, 11) is 0. The molecule has 2 amide bonds. The molecule has 0 saturated heterocycles. The van der Waals surface area contributed by atoms with Gasteiger partial charge in [0, 0.05) is 12.6 Å². The number of carbonyl (C=O) groups excluding carboxylic acids is 2. The summed E-state index contributed by atoms with van der Waals surface area (Å²) >= 11 is 0. The van der Waals surface area contributed by atoms with Crippen LogP contribution < -0.4 is 10.6 Å². The highest BCUT2D eigenvalue weighted by atomic mass is 19.4. The van der Waals surface area contributed by atoms with Crippen LogP contribution in [0.1, 0.15) is 6.92 Å². The minimum Gasteiger partial charge on any atom is -0.362 e. The normalized spacial score (nSPS) is 11.1. The fourth-order valence-corrected chi connectivity index (χ4v) is 1.35. The minimum absolute atomic E-state index is 0.232. The minimum atomic E-state index is -4.54. The lowest BCUT2D eigenvalue weighted by Gasteiger charge is -2.10. The number of nitrogens with one attached hydrogen (secondary N) is 2. The van der Waals surface area contributed by atoms with E-state index in [4.69, 9.17) is 0 Å². The van der Waals surface area contributed by atoms with Crippen molar-refractivity contribution in [3.8, 4) is 0 Å². The molecule has 1 aromatic rings. The second-order valence-corrected chi connectivity index (χ2v) is 4.03. The number of halogens is 4. The first-order valence-electron chi connectivity index (χ1n) is 5.69. The van der Waals surface area contributed by atoms with Crippen LogP contribution in [0.3, 0.4) is 0 Å². The molecule has 0 aromatic heterocycles. The van der Waals surface area contributed by atoms with Crippen LogP contribution in [-0.2, 0) is 14.3 Å². The fraction of sp³-hybridized carbons (Fsp3) is 0.333. The molecule has 0 aliphatic carbocycles. The van der Waals surface area contributed by atoms with E-state index < -0.39 is 37.0 Å². The Kier molecular flexibility index (Phi) is 5.65. The number of anilines is 2. The van der Waals surface area contributed by atoms with E-state index in [1.54, 1.807) is 0 Å². The number of hydrogen-bond donors (Lipinski definition) is 2. The molecule has 0 fully saturated rings. The third kappa shape index (κ3) is 6.70. The summed E-state index contributed by atoms with van der Waals surface area (Å²) in [4.78, 5) is 22.2. The highest BCUT2D eigenvalue weighted by molar-refractivity contribution is 5.94. The zero-order valence-electron chi connectivity index (χ0n) is 10.9. The summed E-state index contributed by atoms with van der Waals surface area (Å²) in [5.41, 5.74) is -0.0442. The number of hydrogen-bond acceptors (Lipinski definition) is 3. The van der Waals surface area contributed by atoms with Gasteiger partial charge in [-0.25, -0.2) is 4.39 Å². The van der Waals surface area contributed by atoms with Crippen molar-refractivity contribution in [3.05, 3.63) is 24.0 Å². The van der Waals surface area contributed by atoms with Gasteiger partial charge in [0.25, 0.3) is 0 Å². The standard InChI is InChI=1S/C12H12F4N2O3/c1-7(19)17-8-2-3-9(13)10(4-8)18-11(20)5-21-6-12(14,15)16/h2-4H,5-6H2,1H3,(H,17,19)(H,18,20). The monoisotopic (exact) mass is 308 g/mol. The second kappa shape index (κ2) is 7.02. The number of rotatable bonds is 5. The van der Waals surface area contributed by atoms with Crippen LogP contribution in [-0.4, -0.2) is 31.2 Å². The molecule has 21 heavy (non-hydrogen) atoms. The Morgan fingerprint density at radius 3 is 2.48 bits per heavy atom. The van der Waals surface area contributed by atoms with Crippen LogP contribution in [0, 0.1) is 5.82 Å². The summed E-state index contributed by atoms with van der Waals surface area (Å²) in [5, 5.41) is 4.42. The van der Waals surface area contributed by atoms with Gasteiger partial charge in [-0.2, -0.15) is 13.2 Å². The summed E-state index contributed by atoms with van der Waals surface area (Å²) < 4.78 is 53.0. The Balaban J connectivity index is 2.60. The maximum absolute atomic E-state index is 13.4. The lowest BCUT2D eigenvalue weighted by Crippen LogP contribution is -2.24. The number of carbonyl (C=O) groups is 2. The molecular weight excluding hydrogens is 296 g/mol. The zero-order valence-corrected chi connectivity index (χ0v) is 10.9. The summed E-state index contributed by atoms with van der Waals surface area (Å²) in [5.74, 6) is -2.14. The molecule has 116 valence electrons. The van der Waals surface area contributed by atoms with Crippen LogP contribution in [0.15, 0.2) is 18.2 Å². The SMILES string of the molecule is CC(=O)Nc1ccc(F)c(NC(=O)COCC(F)(F)F)c1. The van der Waals surface area contributed by atoms with Gasteiger partial charge in [-0.3, -0.25) is 9.59 Å². The molecule has 0 aliphatic rings. The van der Waals surface area contributed by atoms with Crippen LogP contribution in [0.5, 0.6) is 0 Å². The maximum Gasteiger partial charge on any atom is 0.411 e. The number of amides is 2. The molecule has 0 heterocycles. The van der Waals surface area contributed by atoms with Crippen molar-refractivity contribution in [3.63, 3.8) is 0 Å². The second-order valence-electron chi connectivity index (χ2n) is 4.03. The summed E-state index contributed by atoms with van der Waals surface area (Å²) in [6.45, 7) is -1.20. The fourth-order valence-electron chi connectivity index (χ4n) is 1.35. The van der Waals surface area contributed by atoms with Crippen molar-refractivity contribution in [1.82, 2.24) is 0 Å². The van der Waals surface area contributed by atoms with Gasteiger partial charge in [-0.1, -0.05) is 0 Å². The first kappa shape index (κ1) is 16.9. The van der Waals surface area contributed by atoms with E-state index in [1.807, 2.05) is 0 Å². The third-order valence-corrected chi connectivity index (χ3v) is 2.06. The number of benzene rings is 1. The lowest BCUT2D eigenvalue weighted by molar-refractivity contribution is -0.174. The molecule has 0 unspecified atom stereocenters. The first-order valence-corrected chi connectivity index (χ1v) is 5.69. The Morgan fingerprint density at radius 1 is 1.24 bits per heavy atom. The van der Waals surface area contributed by atoms with Crippen LogP contribution in [0.4, 0.5) is 28.9 Å². The highest BCUT2D eigenvalue weighted by Crippen LogP contribution is 2.20. The van der Waals surface area contributed by atoms with Gasteiger partial charge >= 0.3 is 6.18 Å². The van der Waals surface area contributed by atoms with Gasteiger partial charge in [0.2, 0.25) is 11.8 Å². The summed E-state index contributed by atoms with van der Waals surface area (Å²) in [6, 6.07) is 3.41. The third-order valence-electron chi connectivity index (χ3n) is 2.06. The van der Waals surface area contributed by atoms with E-state index in [-0.39, 0.29) is 11.4 Å². The van der Waals surface area contributed by atoms with E-state index in [0.29, 0.717) is 0 Å². The van der Waals surface area contributed by atoms with Gasteiger partial charge in [0.05, 0.1) is 5.69 Å². The quantitative estimate of drug-likeness (QED) is 0.820. The van der Waals surface area contributed by atoms with Crippen molar-refractivity contribution < 1.29 is 31.9 Å². The van der Waals surface area contributed by atoms with Crippen molar-refractivity contribution in [2.45, 2.75) is 13.1 Å². The van der Waals surface area contributed by atoms with Crippen LogP contribution >= 0.6 is 0 Å². The molecule has 1 rings (SSSR count). The van der Waals surface area contributed by atoms with Crippen molar-refractivity contribution >= 4 is 23.2 Å². The predicted molar refractivity (Wildman–Crippen MR) is 66.2 cm³/mol. The molecule has 0 atom stereocenters. The molecule has 0 aliphatic heterocycles. The van der Waals surface area contributed by atoms with Gasteiger partial charge in [-0.05, 0) is 18.2 Å². The van der Waals surface area contributed by atoms with Crippen molar-refractivity contribution in [2.75, 3.05) is 23.8 Å². The van der Waals surface area contributed by atoms with Gasteiger partial charge < -0.3 is 15.4 Å². The molecule has 5 nitrogen and oxygen atoms in total. The van der Waals surface area contributed by atoms with Crippen molar-refractivity contribution in [1.29, 1.82) is 0 Å². The Hall–Kier alpha value is -2.16. The molecule has 0 bridgehead atoms. The Bertz CT molecular complexity index is 532. The zero-order chi connectivity index (χ0) is 16.0. The number of ether oxygens (including phenoxy) is 1. The molecule has 2 N–H and O–H groups in total. The van der Waals surface area contributed by atoms with E-state index in [1.165, 1.54) is 13.0 Å². The van der Waals surface area contributed by atoms with Gasteiger partial charge in [0.15, 0.2) is 0 Å². The molecule has 9 heteroatoms. The number of alkyl halides is 3. The molecular formula is C12H12F4N2O3. The first-order chi connectivity index (χ1) is 9.67. The average molecular weight is 308 g/mol. The maximum atomic E-state index is 13.4. The molecule has 0 spiro atoms. The largest absolute Gasteiger partial charge is 0.411 e. The average Bonchev–Trinajstić information content (AvgIpc) is 2.31. The van der Waals surface area contributed by atoms with Gasteiger partial charge in [0.1, 0.15) is 19.0 Å². The van der Waals surface area contributed by atoms with Crippen LogP contribution in [0.25, 0.3) is 0 Å². The van der Waals surface area contributed by atoms with Crippen molar-refractivity contribution in [2.24, 2.45) is 0 Å². The van der Waals surface area contributed by atoms with E-state index in [0.717, 1.165) is 12.1 Å². The molecule has 0 radical (unpaired) electrons. The lowest BCUT2D eigenvalue weighted by atomic mass is 10.2. The molecule has 0 saturated carbocycles. The van der Waals surface area contributed by atoms with Crippen LogP contribution in [0.2, 0.25) is 0 Å². The summed E-state index contributed by atoms with van der Waals surface area (Å²) in [6.07, 6.45) is -4.54. The topological polar surface area (TPSA) is 67.4 Å². The smallest absolute Gasteiger partial charge is 0.362 e. The molecule has 1 aromatic carbocycles. The van der Waals surface area contributed by atoms with E-state index in [2.05, 4.69) is 15.4 Å². The Morgan fingerprint density at radius 2 is 1.90 bits per heavy atom. The van der Waals surface area contributed by atoms with Gasteiger partial charge in [-0.15, -0.1) is 0 Å². The Labute approximate surface area is 117 Å². The van der Waals surface area contributed by atoms with E-state index >= 15 is 0 Å². The predicted octanol–water partition coefficient (Wildman–Crippen LogP) is 2.30.